The summed E-state index contributed by atoms with van der Waals surface area (Å²) in [7, 11) is 0. The quantitative estimate of drug-likeness (QED) is 0.751. The molecule has 1 aromatic rings. The molecule has 88 valence electrons. The van der Waals surface area contributed by atoms with Gasteiger partial charge in [0, 0.05) is 17.8 Å². The molecule has 1 saturated carbocycles. The van der Waals surface area contributed by atoms with E-state index in [0.29, 0.717) is 18.0 Å². The summed E-state index contributed by atoms with van der Waals surface area (Å²) in [4.78, 5) is 14.7. The Hall–Kier alpha value is -1.09. The molecule has 3 heteroatoms. The van der Waals surface area contributed by atoms with Gasteiger partial charge in [0.25, 0.3) is 5.56 Å². The van der Waals surface area contributed by atoms with Gasteiger partial charge in [0.15, 0.2) is 0 Å². The minimum absolute atomic E-state index is 0.00996. The van der Waals surface area contributed by atoms with E-state index in [9.17, 15) is 4.79 Å². The molecule has 1 aliphatic rings. The van der Waals surface area contributed by atoms with Crippen molar-refractivity contribution in [3.8, 4) is 0 Å². The van der Waals surface area contributed by atoms with Crippen LogP contribution in [0.5, 0.6) is 0 Å². The lowest BCUT2D eigenvalue weighted by atomic mass is 9.96. The first-order chi connectivity index (χ1) is 7.81. The van der Waals surface area contributed by atoms with Gasteiger partial charge in [0.05, 0.1) is 0 Å². The largest absolute Gasteiger partial charge is 0.326 e. The molecule has 2 rings (SSSR count). The molecule has 3 N–H and O–H groups in total. The van der Waals surface area contributed by atoms with Crippen LogP contribution in [0.25, 0.3) is 0 Å². The predicted octanol–water partition coefficient (Wildman–Crippen LogP) is 2.27. The fourth-order valence-corrected chi connectivity index (χ4v) is 2.51. The molecule has 0 amide bonds. The molecular weight excluding hydrogens is 200 g/mol. The van der Waals surface area contributed by atoms with Crippen LogP contribution in [-0.2, 0) is 6.54 Å². The summed E-state index contributed by atoms with van der Waals surface area (Å²) < 4.78 is 0. The Morgan fingerprint density at radius 3 is 2.44 bits per heavy atom. The lowest BCUT2D eigenvalue weighted by Gasteiger charge is -2.14. The summed E-state index contributed by atoms with van der Waals surface area (Å²) in [6.45, 7) is 0.320. The third-order valence-corrected chi connectivity index (χ3v) is 3.53. The Balaban J connectivity index is 2.19. The highest BCUT2D eigenvalue weighted by Gasteiger charge is 2.15. The van der Waals surface area contributed by atoms with E-state index in [4.69, 9.17) is 5.73 Å². The van der Waals surface area contributed by atoms with Gasteiger partial charge < -0.3 is 10.7 Å². The molecule has 0 unspecified atom stereocenters. The third kappa shape index (κ3) is 2.53. The number of hydrogen-bond donors (Lipinski definition) is 2. The Morgan fingerprint density at radius 1 is 1.19 bits per heavy atom. The summed E-state index contributed by atoms with van der Waals surface area (Å²) in [6.07, 6.45) is 7.65. The van der Waals surface area contributed by atoms with Crippen molar-refractivity contribution in [3.05, 3.63) is 33.7 Å². The molecule has 0 aliphatic heterocycles. The van der Waals surface area contributed by atoms with Crippen LogP contribution in [0.1, 0.15) is 55.7 Å². The van der Waals surface area contributed by atoms with Gasteiger partial charge in [-0.25, -0.2) is 0 Å². The number of pyridine rings is 1. The van der Waals surface area contributed by atoms with Crippen LogP contribution in [0.2, 0.25) is 0 Å². The van der Waals surface area contributed by atoms with Gasteiger partial charge in [-0.1, -0.05) is 31.7 Å². The average molecular weight is 220 g/mol. The molecule has 1 fully saturated rings. The normalized spacial score (nSPS) is 18.3. The highest BCUT2D eigenvalue weighted by atomic mass is 16.1. The Bertz CT molecular complexity index is 389. The molecule has 0 aromatic carbocycles. The van der Waals surface area contributed by atoms with Gasteiger partial charge in [0.1, 0.15) is 0 Å². The first-order valence-corrected chi connectivity index (χ1v) is 6.23. The van der Waals surface area contributed by atoms with Gasteiger partial charge >= 0.3 is 0 Å². The van der Waals surface area contributed by atoms with E-state index in [0.717, 1.165) is 5.69 Å². The summed E-state index contributed by atoms with van der Waals surface area (Å²) in [5.41, 5.74) is 7.25. The Kier molecular flexibility index (Phi) is 3.78. The highest BCUT2D eigenvalue weighted by molar-refractivity contribution is 5.17. The summed E-state index contributed by atoms with van der Waals surface area (Å²) >= 11 is 0. The zero-order valence-corrected chi connectivity index (χ0v) is 9.67. The second-order valence-corrected chi connectivity index (χ2v) is 4.66. The number of nitrogens with two attached hydrogens (primary N) is 1. The second-order valence-electron chi connectivity index (χ2n) is 4.66. The van der Waals surface area contributed by atoms with Crippen LogP contribution in [-0.4, -0.2) is 4.98 Å². The topological polar surface area (TPSA) is 58.9 Å². The monoisotopic (exact) mass is 220 g/mol. The smallest absolute Gasteiger partial charge is 0.252 e. The maximum Gasteiger partial charge on any atom is 0.252 e. The van der Waals surface area contributed by atoms with Gasteiger partial charge in [-0.2, -0.15) is 0 Å². The summed E-state index contributed by atoms with van der Waals surface area (Å²) in [5, 5.41) is 0. The minimum atomic E-state index is -0.00996. The van der Waals surface area contributed by atoms with E-state index in [1.165, 1.54) is 38.5 Å². The number of nitrogens with one attached hydrogen (secondary N) is 1. The molecule has 0 spiro atoms. The van der Waals surface area contributed by atoms with E-state index in [-0.39, 0.29) is 5.56 Å². The SMILES string of the molecule is NCc1ccc(C2CCCCCC2)[nH]c1=O. The van der Waals surface area contributed by atoms with Crippen molar-refractivity contribution in [1.82, 2.24) is 4.98 Å². The number of hydrogen-bond acceptors (Lipinski definition) is 2. The van der Waals surface area contributed by atoms with Gasteiger partial charge in [-0.05, 0) is 24.8 Å². The van der Waals surface area contributed by atoms with Crippen LogP contribution in [0.4, 0.5) is 0 Å². The van der Waals surface area contributed by atoms with Crippen molar-refractivity contribution in [3.63, 3.8) is 0 Å². The number of aromatic amines is 1. The van der Waals surface area contributed by atoms with E-state index in [1.54, 1.807) is 0 Å². The Labute approximate surface area is 96.1 Å². The molecule has 0 saturated heterocycles. The molecule has 1 aromatic heterocycles. The Morgan fingerprint density at radius 2 is 1.88 bits per heavy atom. The van der Waals surface area contributed by atoms with Gasteiger partial charge in [0.2, 0.25) is 0 Å². The molecular formula is C13H20N2O. The predicted molar refractivity (Wildman–Crippen MR) is 65.4 cm³/mol. The van der Waals surface area contributed by atoms with Crippen molar-refractivity contribution < 1.29 is 0 Å². The summed E-state index contributed by atoms with van der Waals surface area (Å²) in [6, 6.07) is 3.92. The first-order valence-electron chi connectivity index (χ1n) is 6.23. The molecule has 1 aliphatic carbocycles. The lowest BCUT2D eigenvalue weighted by Crippen LogP contribution is -2.18. The maximum absolute atomic E-state index is 11.7. The standard InChI is InChI=1S/C13H20N2O/c14-9-11-7-8-12(15-13(11)16)10-5-3-1-2-4-6-10/h7-8,10H,1-6,9,14H2,(H,15,16). The van der Waals surface area contributed by atoms with Crippen LogP contribution in [0, 0.1) is 0 Å². The number of rotatable bonds is 2. The number of H-pyrrole nitrogens is 1. The minimum Gasteiger partial charge on any atom is -0.326 e. The molecule has 1 heterocycles. The molecule has 0 radical (unpaired) electrons. The van der Waals surface area contributed by atoms with E-state index in [2.05, 4.69) is 4.98 Å². The molecule has 0 bridgehead atoms. The van der Waals surface area contributed by atoms with Crippen molar-refractivity contribution in [2.24, 2.45) is 5.73 Å². The van der Waals surface area contributed by atoms with Crippen LogP contribution < -0.4 is 11.3 Å². The molecule has 0 atom stereocenters. The second kappa shape index (κ2) is 5.30. The lowest BCUT2D eigenvalue weighted by molar-refractivity contribution is 0.575. The van der Waals surface area contributed by atoms with E-state index < -0.39 is 0 Å². The number of aromatic nitrogens is 1. The fraction of sp³-hybridized carbons (Fsp3) is 0.615. The van der Waals surface area contributed by atoms with Crippen molar-refractivity contribution in [1.29, 1.82) is 0 Å². The van der Waals surface area contributed by atoms with E-state index in [1.807, 2.05) is 12.1 Å². The third-order valence-electron chi connectivity index (χ3n) is 3.53. The first kappa shape index (κ1) is 11.4. The van der Waals surface area contributed by atoms with Crippen molar-refractivity contribution in [2.75, 3.05) is 0 Å². The van der Waals surface area contributed by atoms with Crippen LogP contribution in [0.15, 0.2) is 16.9 Å². The highest BCUT2D eigenvalue weighted by Crippen LogP contribution is 2.29. The van der Waals surface area contributed by atoms with E-state index >= 15 is 0 Å². The van der Waals surface area contributed by atoms with Crippen molar-refractivity contribution in [2.45, 2.75) is 51.0 Å². The summed E-state index contributed by atoms with van der Waals surface area (Å²) in [5.74, 6) is 0.544. The zero-order valence-electron chi connectivity index (χ0n) is 9.67. The van der Waals surface area contributed by atoms with Crippen LogP contribution >= 0.6 is 0 Å². The van der Waals surface area contributed by atoms with Crippen molar-refractivity contribution >= 4 is 0 Å². The average Bonchev–Trinajstić information content (AvgIpc) is 2.57. The van der Waals surface area contributed by atoms with Gasteiger partial charge in [-0.15, -0.1) is 0 Å². The molecule has 3 nitrogen and oxygen atoms in total. The zero-order chi connectivity index (χ0) is 11.4. The molecule has 16 heavy (non-hydrogen) atoms. The van der Waals surface area contributed by atoms with Crippen LogP contribution in [0.3, 0.4) is 0 Å². The fourth-order valence-electron chi connectivity index (χ4n) is 2.51. The maximum atomic E-state index is 11.7. The van der Waals surface area contributed by atoms with Gasteiger partial charge in [-0.3, -0.25) is 4.79 Å².